The van der Waals surface area contributed by atoms with Crippen LogP contribution >= 0.6 is 0 Å². The van der Waals surface area contributed by atoms with Crippen molar-refractivity contribution in [1.29, 1.82) is 0 Å². The van der Waals surface area contributed by atoms with E-state index in [1.165, 1.54) is 28.2 Å². The van der Waals surface area contributed by atoms with Crippen molar-refractivity contribution >= 4 is 17.6 Å². The molecule has 2 heterocycles. The largest absolute Gasteiger partial charge is 0.478 e. The molecule has 6 nitrogen and oxygen atoms in total. The number of carbonyl (C=O) groups excluding carboxylic acids is 1. The number of aromatic nitrogens is 2. The predicted octanol–water partition coefficient (Wildman–Crippen LogP) is 2.26. The first kappa shape index (κ1) is 15.3. The highest BCUT2D eigenvalue weighted by Crippen LogP contribution is 2.28. The summed E-state index contributed by atoms with van der Waals surface area (Å²) in [6.07, 6.45) is 5.01. The van der Waals surface area contributed by atoms with Crippen molar-refractivity contribution < 1.29 is 14.7 Å². The fourth-order valence-electron chi connectivity index (χ4n) is 2.93. The number of hydrogen-bond donors (Lipinski definition) is 1. The Morgan fingerprint density at radius 1 is 1.35 bits per heavy atom. The summed E-state index contributed by atoms with van der Waals surface area (Å²) in [6, 6.07) is 6.18. The summed E-state index contributed by atoms with van der Waals surface area (Å²) in [7, 11) is 0. The number of benzene rings is 1. The second-order valence-electron chi connectivity index (χ2n) is 5.83. The molecule has 3 rings (SSSR count). The van der Waals surface area contributed by atoms with Gasteiger partial charge in [-0.05, 0) is 31.4 Å². The Bertz CT molecular complexity index is 751. The zero-order valence-corrected chi connectivity index (χ0v) is 13.0. The lowest BCUT2D eigenvalue weighted by Crippen LogP contribution is -2.36. The first-order chi connectivity index (χ1) is 11.0. The molecule has 0 radical (unpaired) electrons. The number of anilines is 1. The topological polar surface area (TPSA) is 75.4 Å². The van der Waals surface area contributed by atoms with Gasteiger partial charge in [0.2, 0.25) is 5.91 Å². The van der Waals surface area contributed by atoms with Gasteiger partial charge in [0.25, 0.3) is 0 Å². The van der Waals surface area contributed by atoms with Crippen LogP contribution in [0.15, 0.2) is 30.6 Å². The van der Waals surface area contributed by atoms with Crippen LogP contribution in [-0.4, -0.2) is 33.3 Å². The van der Waals surface area contributed by atoms with E-state index in [1.54, 1.807) is 0 Å². The van der Waals surface area contributed by atoms with Gasteiger partial charge in [-0.25, -0.2) is 4.79 Å². The summed E-state index contributed by atoms with van der Waals surface area (Å²) in [6.45, 7) is 3.16. The monoisotopic (exact) mass is 313 g/mol. The van der Waals surface area contributed by atoms with E-state index >= 15 is 0 Å². The van der Waals surface area contributed by atoms with E-state index in [4.69, 9.17) is 5.11 Å². The molecule has 1 amide bonds. The van der Waals surface area contributed by atoms with Crippen LogP contribution in [0.3, 0.4) is 0 Å². The third-order valence-corrected chi connectivity index (χ3v) is 4.09. The summed E-state index contributed by atoms with van der Waals surface area (Å²) in [5, 5.41) is 12.9. The average Bonchev–Trinajstić information content (AvgIpc) is 3.01. The molecule has 23 heavy (non-hydrogen) atoms. The summed E-state index contributed by atoms with van der Waals surface area (Å²) in [5.41, 5.74) is 3.56. The first-order valence-electron chi connectivity index (χ1n) is 7.70. The van der Waals surface area contributed by atoms with Crippen molar-refractivity contribution in [3.05, 3.63) is 47.3 Å². The van der Waals surface area contributed by atoms with Gasteiger partial charge < -0.3 is 10.0 Å². The Balaban J connectivity index is 1.68. The van der Waals surface area contributed by atoms with Gasteiger partial charge in [-0.3, -0.25) is 9.48 Å². The molecule has 0 unspecified atom stereocenters. The Morgan fingerprint density at radius 3 is 2.91 bits per heavy atom. The lowest BCUT2D eigenvalue weighted by atomic mass is 9.99. The number of carboxylic acid groups (broad SMARTS) is 1. The fraction of sp³-hybridized carbons (Fsp3) is 0.353. The van der Waals surface area contributed by atoms with Crippen LogP contribution in [0, 0.1) is 6.92 Å². The summed E-state index contributed by atoms with van der Waals surface area (Å²) in [4.78, 5) is 25.2. The highest BCUT2D eigenvalue weighted by molar-refractivity contribution is 5.94. The van der Waals surface area contributed by atoms with Gasteiger partial charge in [-0.15, -0.1) is 0 Å². The van der Waals surface area contributed by atoms with E-state index in [-0.39, 0.29) is 11.5 Å². The average molecular weight is 313 g/mol. The van der Waals surface area contributed by atoms with Gasteiger partial charge >= 0.3 is 5.97 Å². The molecule has 0 spiro atoms. The van der Waals surface area contributed by atoms with Crippen LogP contribution in [0.4, 0.5) is 5.69 Å². The molecule has 1 aromatic heterocycles. The number of amides is 1. The molecule has 1 aliphatic rings. The van der Waals surface area contributed by atoms with Crippen molar-refractivity contribution in [2.75, 3.05) is 11.4 Å². The Hall–Kier alpha value is -2.63. The minimum Gasteiger partial charge on any atom is -0.478 e. The van der Waals surface area contributed by atoms with E-state index in [2.05, 4.69) is 18.1 Å². The molecule has 0 fully saturated rings. The second kappa shape index (κ2) is 6.24. The molecule has 0 aliphatic carbocycles. The number of aromatic carboxylic acids is 1. The molecule has 120 valence electrons. The van der Waals surface area contributed by atoms with Gasteiger partial charge in [0.15, 0.2) is 0 Å². The van der Waals surface area contributed by atoms with Gasteiger partial charge in [-0.1, -0.05) is 17.7 Å². The number of hydrogen-bond acceptors (Lipinski definition) is 3. The molecule has 0 bridgehead atoms. The molecule has 0 atom stereocenters. The van der Waals surface area contributed by atoms with Crippen molar-refractivity contribution in [1.82, 2.24) is 9.78 Å². The minimum atomic E-state index is -1.01. The minimum absolute atomic E-state index is 0.0437. The fourth-order valence-corrected chi connectivity index (χ4v) is 2.93. The highest BCUT2D eigenvalue weighted by atomic mass is 16.4. The Labute approximate surface area is 134 Å². The van der Waals surface area contributed by atoms with E-state index in [1.807, 2.05) is 17.0 Å². The smallest absolute Gasteiger partial charge is 0.338 e. The summed E-state index contributed by atoms with van der Waals surface area (Å²) >= 11 is 0. The normalized spacial score (nSPS) is 13.7. The molecular formula is C17H19N3O3. The predicted molar refractivity (Wildman–Crippen MR) is 85.7 cm³/mol. The molecule has 0 saturated carbocycles. The molecule has 1 N–H and O–H groups in total. The zero-order chi connectivity index (χ0) is 16.4. The van der Waals surface area contributed by atoms with Gasteiger partial charge in [-0.2, -0.15) is 5.10 Å². The number of aryl methyl sites for hydroxylation is 3. The number of carboxylic acids is 1. The second-order valence-corrected chi connectivity index (χ2v) is 5.83. The summed E-state index contributed by atoms with van der Waals surface area (Å²) in [5.74, 6) is -0.968. The SMILES string of the molecule is Cc1ccc2c(c1)CCCN2C(=O)CCn1cc(C(=O)O)cn1. The lowest BCUT2D eigenvalue weighted by Gasteiger charge is -2.30. The Kier molecular flexibility index (Phi) is 4.14. The first-order valence-corrected chi connectivity index (χ1v) is 7.70. The number of fused-ring (bicyclic) bond motifs is 1. The maximum absolute atomic E-state index is 12.5. The molecule has 2 aromatic rings. The maximum Gasteiger partial charge on any atom is 0.338 e. The van der Waals surface area contributed by atoms with Gasteiger partial charge in [0.1, 0.15) is 0 Å². The van der Waals surface area contributed by atoms with Gasteiger partial charge in [0, 0.05) is 31.4 Å². The highest BCUT2D eigenvalue weighted by Gasteiger charge is 2.22. The van der Waals surface area contributed by atoms with E-state index in [0.29, 0.717) is 13.0 Å². The van der Waals surface area contributed by atoms with Crippen molar-refractivity contribution in [2.45, 2.75) is 32.7 Å². The van der Waals surface area contributed by atoms with E-state index in [0.717, 1.165) is 25.1 Å². The van der Waals surface area contributed by atoms with Crippen LogP contribution in [0.5, 0.6) is 0 Å². The van der Waals surface area contributed by atoms with Crippen LogP contribution < -0.4 is 4.90 Å². The van der Waals surface area contributed by atoms with Crippen LogP contribution in [0.25, 0.3) is 0 Å². The number of rotatable bonds is 4. The molecule has 1 aliphatic heterocycles. The third-order valence-electron chi connectivity index (χ3n) is 4.09. The lowest BCUT2D eigenvalue weighted by molar-refractivity contribution is -0.119. The van der Waals surface area contributed by atoms with E-state index in [9.17, 15) is 9.59 Å². The van der Waals surface area contributed by atoms with Crippen molar-refractivity contribution in [3.8, 4) is 0 Å². The number of nitrogens with zero attached hydrogens (tertiary/aromatic N) is 3. The quantitative estimate of drug-likeness (QED) is 0.939. The van der Waals surface area contributed by atoms with Crippen molar-refractivity contribution in [3.63, 3.8) is 0 Å². The van der Waals surface area contributed by atoms with Crippen LogP contribution in [0.1, 0.15) is 34.3 Å². The zero-order valence-electron chi connectivity index (χ0n) is 13.0. The van der Waals surface area contributed by atoms with Gasteiger partial charge in [0.05, 0.1) is 11.8 Å². The maximum atomic E-state index is 12.5. The molecule has 6 heteroatoms. The standard InChI is InChI=1S/C17H19N3O3/c1-12-4-5-15-13(9-12)3-2-7-20(15)16(21)6-8-19-11-14(10-18-19)17(22)23/h4-5,9-11H,2-3,6-8H2,1H3,(H,22,23). The molecule has 1 aromatic carbocycles. The summed E-state index contributed by atoms with van der Waals surface area (Å²) < 4.78 is 1.50. The van der Waals surface area contributed by atoms with Crippen LogP contribution in [-0.2, 0) is 17.8 Å². The third kappa shape index (κ3) is 3.26. The van der Waals surface area contributed by atoms with E-state index < -0.39 is 5.97 Å². The molecule has 0 saturated heterocycles. The Morgan fingerprint density at radius 2 is 2.17 bits per heavy atom. The molecular weight excluding hydrogens is 294 g/mol. The number of carbonyl (C=O) groups is 2. The van der Waals surface area contributed by atoms with Crippen LogP contribution in [0.2, 0.25) is 0 Å². The van der Waals surface area contributed by atoms with Crippen molar-refractivity contribution in [2.24, 2.45) is 0 Å².